The Morgan fingerprint density at radius 2 is 2.00 bits per heavy atom. The van der Waals surface area contributed by atoms with Crippen molar-refractivity contribution in [1.29, 1.82) is 0 Å². The van der Waals surface area contributed by atoms with Crippen LogP contribution in [0.3, 0.4) is 0 Å². The second-order valence-corrected chi connectivity index (χ2v) is 6.90. The molecule has 0 saturated heterocycles. The van der Waals surface area contributed by atoms with E-state index in [0.29, 0.717) is 21.7 Å². The quantitative estimate of drug-likeness (QED) is 0.576. The number of carbonyl (C=O) groups is 1. The largest absolute Gasteiger partial charge is 0.497 e. The van der Waals surface area contributed by atoms with Gasteiger partial charge in [0.2, 0.25) is 5.43 Å². The number of nitrogens with one attached hydrogen (secondary N) is 1. The van der Waals surface area contributed by atoms with Crippen molar-refractivity contribution < 1.29 is 9.53 Å². The SMILES string of the molecule is COc1cccc(-c2csc(NC(=O)c3nn(C)c4ccccc4c3=O)n2)c1. The molecular formula is C20H16N4O3S. The van der Waals surface area contributed by atoms with Crippen molar-refractivity contribution in [2.45, 2.75) is 0 Å². The molecule has 0 spiro atoms. The van der Waals surface area contributed by atoms with E-state index in [1.54, 1.807) is 32.4 Å². The maximum absolute atomic E-state index is 12.6. The highest BCUT2D eigenvalue weighted by Crippen LogP contribution is 2.27. The third kappa shape index (κ3) is 3.25. The number of methoxy groups -OCH3 is 1. The predicted octanol–water partition coefficient (Wildman–Crippen LogP) is 3.32. The molecule has 2 aromatic heterocycles. The number of nitrogens with zero attached hydrogens (tertiary/aromatic N) is 3. The van der Waals surface area contributed by atoms with Crippen LogP contribution < -0.4 is 15.5 Å². The molecule has 2 aromatic carbocycles. The Bertz CT molecular complexity index is 1250. The number of carbonyl (C=O) groups excluding carboxylic acids is 1. The van der Waals surface area contributed by atoms with Gasteiger partial charge in [0.25, 0.3) is 5.91 Å². The average Bonchev–Trinajstić information content (AvgIpc) is 3.19. The van der Waals surface area contributed by atoms with Crippen molar-refractivity contribution in [2.75, 3.05) is 12.4 Å². The second-order valence-electron chi connectivity index (χ2n) is 6.04. The lowest BCUT2D eigenvalue weighted by molar-refractivity contribution is 0.101. The lowest BCUT2D eigenvalue weighted by Gasteiger charge is -2.07. The molecule has 8 heteroatoms. The van der Waals surface area contributed by atoms with Gasteiger partial charge in [-0.1, -0.05) is 24.3 Å². The van der Waals surface area contributed by atoms with E-state index >= 15 is 0 Å². The minimum absolute atomic E-state index is 0.167. The fraction of sp³-hybridized carbons (Fsp3) is 0.100. The third-order valence-electron chi connectivity index (χ3n) is 4.27. The van der Waals surface area contributed by atoms with E-state index in [-0.39, 0.29) is 5.69 Å². The van der Waals surface area contributed by atoms with Crippen LogP contribution >= 0.6 is 11.3 Å². The highest BCUT2D eigenvalue weighted by Gasteiger charge is 2.18. The van der Waals surface area contributed by atoms with Crippen LogP contribution in [0.5, 0.6) is 5.75 Å². The summed E-state index contributed by atoms with van der Waals surface area (Å²) in [6.45, 7) is 0. The van der Waals surface area contributed by atoms with Crippen LogP contribution in [-0.4, -0.2) is 27.8 Å². The Kier molecular flexibility index (Phi) is 4.62. The summed E-state index contributed by atoms with van der Waals surface area (Å²) in [5.74, 6) is 0.137. The number of benzene rings is 2. The zero-order valence-electron chi connectivity index (χ0n) is 15.2. The Hall–Kier alpha value is -3.52. The fourth-order valence-corrected chi connectivity index (χ4v) is 3.59. The molecule has 0 saturated carbocycles. The zero-order chi connectivity index (χ0) is 19.7. The molecule has 140 valence electrons. The van der Waals surface area contributed by atoms with E-state index in [1.165, 1.54) is 16.0 Å². The molecule has 0 atom stereocenters. The molecular weight excluding hydrogens is 376 g/mol. The molecule has 7 nitrogen and oxygen atoms in total. The van der Waals surface area contributed by atoms with Crippen LogP contribution in [0.1, 0.15) is 10.5 Å². The number of anilines is 1. The van der Waals surface area contributed by atoms with Gasteiger partial charge < -0.3 is 4.74 Å². The number of ether oxygens (including phenoxy) is 1. The lowest BCUT2D eigenvalue weighted by Crippen LogP contribution is -2.26. The van der Waals surface area contributed by atoms with E-state index in [2.05, 4.69) is 15.4 Å². The van der Waals surface area contributed by atoms with Crippen molar-refractivity contribution >= 4 is 33.3 Å². The van der Waals surface area contributed by atoms with E-state index in [9.17, 15) is 9.59 Å². The van der Waals surface area contributed by atoms with E-state index in [1.807, 2.05) is 35.7 Å². The zero-order valence-corrected chi connectivity index (χ0v) is 16.0. The van der Waals surface area contributed by atoms with Gasteiger partial charge in [0.05, 0.1) is 18.3 Å². The Labute approximate surface area is 164 Å². The van der Waals surface area contributed by atoms with Gasteiger partial charge in [-0.25, -0.2) is 4.98 Å². The van der Waals surface area contributed by atoms with Crippen molar-refractivity contribution in [3.8, 4) is 17.0 Å². The van der Waals surface area contributed by atoms with Crippen molar-refractivity contribution in [3.05, 3.63) is 69.8 Å². The number of hydrogen-bond donors (Lipinski definition) is 1. The minimum atomic E-state index is -0.585. The molecule has 0 aliphatic heterocycles. The summed E-state index contributed by atoms with van der Waals surface area (Å²) in [5, 5.41) is 9.47. The van der Waals surface area contributed by atoms with E-state index < -0.39 is 11.3 Å². The average molecular weight is 392 g/mol. The summed E-state index contributed by atoms with van der Waals surface area (Å²) < 4.78 is 6.75. The summed E-state index contributed by atoms with van der Waals surface area (Å²) in [7, 11) is 3.30. The molecule has 4 rings (SSSR count). The van der Waals surface area contributed by atoms with Gasteiger partial charge >= 0.3 is 0 Å². The second kappa shape index (κ2) is 7.24. The first-order valence-electron chi connectivity index (χ1n) is 8.44. The Morgan fingerprint density at radius 3 is 2.82 bits per heavy atom. The number of aryl methyl sites for hydroxylation is 1. The van der Waals surface area contributed by atoms with Gasteiger partial charge in [0.15, 0.2) is 10.8 Å². The van der Waals surface area contributed by atoms with E-state index in [4.69, 9.17) is 4.74 Å². The van der Waals surface area contributed by atoms with Gasteiger partial charge in [0, 0.05) is 23.4 Å². The minimum Gasteiger partial charge on any atom is -0.497 e. The van der Waals surface area contributed by atoms with Crippen LogP contribution in [0.25, 0.3) is 22.2 Å². The van der Waals surface area contributed by atoms with Gasteiger partial charge in [-0.3, -0.25) is 19.6 Å². The first-order valence-corrected chi connectivity index (χ1v) is 9.32. The Balaban J connectivity index is 1.63. The maximum Gasteiger partial charge on any atom is 0.281 e. The Morgan fingerprint density at radius 1 is 1.18 bits per heavy atom. The normalized spacial score (nSPS) is 10.8. The number of hydrogen-bond acceptors (Lipinski definition) is 6. The summed E-state index contributed by atoms with van der Waals surface area (Å²) in [6.07, 6.45) is 0. The fourth-order valence-electron chi connectivity index (χ4n) is 2.88. The molecule has 28 heavy (non-hydrogen) atoms. The third-order valence-corrected chi connectivity index (χ3v) is 5.03. The van der Waals surface area contributed by atoms with Gasteiger partial charge in [0.1, 0.15) is 5.75 Å². The summed E-state index contributed by atoms with van der Waals surface area (Å²) >= 11 is 1.27. The number of para-hydroxylation sites is 1. The highest BCUT2D eigenvalue weighted by molar-refractivity contribution is 7.14. The number of amides is 1. The molecule has 1 N–H and O–H groups in total. The molecule has 1 amide bonds. The summed E-state index contributed by atoms with van der Waals surface area (Å²) in [5.41, 5.74) is 1.67. The molecule has 2 heterocycles. The smallest absolute Gasteiger partial charge is 0.281 e. The molecule has 0 aliphatic rings. The molecule has 0 fully saturated rings. The van der Waals surface area contributed by atoms with Crippen molar-refractivity contribution in [1.82, 2.24) is 14.8 Å². The van der Waals surface area contributed by atoms with Crippen LogP contribution in [0.15, 0.2) is 58.7 Å². The summed E-state index contributed by atoms with van der Waals surface area (Å²) in [4.78, 5) is 29.7. The molecule has 0 radical (unpaired) electrons. The van der Waals surface area contributed by atoms with Gasteiger partial charge in [-0.15, -0.1) is 11.3 Å². The topological polar surface area (TPSA) is 86.1 Å². The predicted molar refractivity (Wildman–Crippen MR) is 109 cm³/mol. The van der Waals surface area contributed by atoms with Gasteiger partial charge in [-0.05, 0) is 24.3 Å². The van der Waals surface area contributed by atoms with Gasteiger partial charge in [-0.2, -0.15) is 5.10 Å². The maximum atomic E-state index is 12.6. The first kappa shape index (κ1) is 17.9. The molecule has 4 aromatic rings. The van der Waals surface area contributed by atoms with E-state index in [0.717, 1.165) is 11.3 Å². The van der Waals surface area contributed by atoms with Crippen LogP contribution in [0, 0.1) is 0 Å². The van der Waals surface area contributed by atoms with Crippen LogP contribution in [-0.2, 0) is 7.05 Å². The molecule has 0 aliphatic carbocycles. The molecule has 0 bridgehead atoms. The monoisotopic (exact) mass is 392 g/mol. The lowest BCUT2D eigenvalue weighted by atomic mass is 10.2. The highest BCUT2D eigenvalue weighted by atomic mass is 32.1. The van der Waals surface area contributed by atoms with Crippen molar-refractivity contribution in [3.63, 3.8) is 0 Å². The number of fused-ring (bicyclic) bond motifs is 1. The number of aromatic nitrogens is 3. The standard InChI is InChI=1S/C20H16N4O3S/c1-24-16-9-4-3-8-14(16)18(25)17(23-24)19(26)22-20-21-15(11-28-20)12-6-5-7-13(10-12)27-2/h3-11H,1-2H3,(H,21,22,26). The molecule has 0 unspecified atom stereocenters. The van der Waals surface area contributed by atoms with Crippen LogP contribution in [0.2, 0.25) is 0 Å². The first-order chi connectivity index (χ1) is 13.6. The summed E-state index contributed by atoms with van der Waals surface area (Å²) in [6, 6.07) is 14.5. The number of rotatable bonds is 4. The van der Waals surface area contributed by atoms with Crippen LogP contribution in [0.4, 0.5) is 5.13 Å². The van der Waals surface area contributed by atoms with Crippen molar-refractivity contribution in [2.24, 2.45) is 7.05 Å². The number of thiazole rings is 1.